The van der Waals surface area contributed by atoms with Crippen molar-refractivity contribution in [3.63, 3.8) is 0 Å². The quantitative estimate of drug-likeness (QED) is 0.644. The lowest BCUT2D eigenvalue weighted by Crippen LogP contribution is -2.23. The van der Waals surface area contributed by atoms with E-state index in [1.54, 1.807) is 0 Å². The minimum Gasteiger partial charge on any atom is -0.494 e. The maximum absolute atomic E-state index is 5.70. The van der Waals surface area contributed by atoms with Crippen molar-refractivity contribution in [3.05, 3.63) is 29.8 Å². The summed E-state index contributed by atoms with van der Waals surface area (Å²) >= 11 is 0. The lowest BCUT2D eigenvalue weighted by atomic mass is 10.2. The number of unbranched alkanes of at least 4 members (excludes halogenated alkanes) is 1. The number of ether oxygens (including phenoxy) is 1. The first-order valence-corrected chi connectivity index (χ1v) is 6.49. The zero-order chi connectivity index (χ0) is 12.3. The molecular formula is C14H24N2O. The van der Waals surface area contributed by atoms with Crippen molar-refractivity contribution < 1.29 is 4.74 Å². The highest BCUT2D eigenvalue weighted by Gasteiger charge is 1.95. The number of nitrogens with two attached hydrogens (primary N) is 1. The molecule has 1 aromatic rings. The minimum absolute atomic E-state index is 0.709. The molecule has 0 amide bonds. The monoisotopic (exact) mass is 236 g/mol. The third-order valence-electron chi connectivity index (χ3n) is 2.64. The Bertz CT molecular complexity index is 302. The summed E-state index contributed by atoms with van der Waals surface area (Å²) in [5.74, 6) is 0.985. The fourth-order valence-electron chi connectivity index (χ4n) is 1.62. The highest BCUT2D eigenvalue weighted by atomic mass is 16.5. The molecule has 1 aromatic carbocycles. The summed E-state index contributed by atoms with van der Waals surface area (Å²) in [7, 11) is 0. The van der Waals surface area contributed by atoms with Crippen LogP contribution in [0.15, 0.2) is 24.3 Å². The first-order valence-electron chi connectivity index (χ1n) is 6.49. The van der Waals surface area contributed by atoms with E-state index in [4.69, 9.17) is 10.5 Å². The number of nitrogens with one attached hydrogen (secondary N) is 1. The normalized spacial score (nSPS) is 10.5. The van der Waals surface area contributed by atoms with E-state index in [2.05, 4.69) is 30.4 Å². The van der Waals surface area contributed by atoms with Gasteiger partial charge in [-0.25, -0.2) is 0 Å². The van der Waals surface area contributed by atoms with Crippen LogP contribution in [0.3, 0.4) is 0 Å². The highest BCUT2D eigenvalue weighted by molar-refractivity contribution is 5.28. The van der Waals surface area contributed by atoms with Gasteiger partial charge in [0.1, 0.15) is 5.75 Å². The highest BCUT2D eigenvalue weighted by Crippen LogP contribution is 2.13. The fraction of sp³-hybridized carbons (Fsp3) is 0.571. The van der Waals surface area contributed by atoms with Crippen LogP contribution in [0.2, 0.25) is 0 Å². The zero-order valence-electron chi connectivity index (χ0n) is 10.7. The Kier molecular flexibility index (Phi) is 7.43. The van der Waals surface area contributed by atoms with E-state index in [9.17, 15) is 0 Å². The summed E-state index contributed by atoms with van der Waals surface area (Å²) in [6, 6.07) is 8.32. The van der Waals surface area contributed by atoms with Crippen LogP contribution in [0.1, 0.15) is 25.3 Å². The van der Waals surface area contributed by atoms with Gasteiger partial charge in [0.15, 0.2) is 0 Å². The van der Waals surface area contributed by atoms with Gasteiger partial charge in [0.25, 0.3) is 0 Å². The number of aryl methyl sites for hydroxylation is 1. The molecule has 0 aliphatic rings. The maximum atomic E-state index is 5.70. The molecule has 0 aromatic heterocycles. The third kappa shape index (κ3) is 6.29. The van der Waals surface area contributed by atoms with E-state index in [1.807, 2.05) is 6.07 Å². The van der Waals surface area contributed by atoms with Crippen molar-refractivity contribution in [2.24, 2.45) is 5.73 Å². The van der Waals surface area contributed by atoms with Crippen LogP contribution >= 0.6 is 0 Å². The largest absolute Gasteiger partial charge is 0.494 e. The van der Waals surface area contributed by atoms with Gasteiger partial charge >= 0.3 is 0 Å². The maximum Gasteiger partial charge on any atom is 0.119 e. The fourth-order valence-corrected chi connectivity index (χ4v) is 1.62. The number of hydrogen-bond donors (Lipinski definition) is 2. The Morgan fingerprint density at radius 1 is 1.24 bits per heavy atom. The topological polar surface area (TPSA) is 47.3 Å². The third-order valence-corrected chi connectivity index (χ3v) is 2.64. The average molecular weight is 236 g/mol. The van der Waals surface area contributed by atoms with Crippen molar-refractivity contribution >= 4 is 0 Å². The van der Waals surface area contributed by atoms with Crippen molar-refractivity contribution in [3.8, 4) is 5.75 Å². The standard InChI is InChI=1S/C14H24N2O/c1-2-13-6-5-7-14(12-13)17-11-4-3-9-16-10-8-15/h5-7,12,16H,2-4,8-11,15H2,1H3. The molecule has 0 unspecified atom stereocenters. The predicted molar refractivity (Wildman–Crippen MR) is 72.5 cm³/mol. The molecule has 0 spiro atoms. The van der Waals surface area contributed by atoms with E-state index in [1.165, 1.54) is 5.56 Å². The summed E-state index contributed by atoms with van der Waals surface area (Å²) < 4.78 is 5.70. The second-order valence-corrected chi connectivity index (χ2v) is 4.10. The Morgan fingerprint density at radius 3 is 2.88 bits per heavy atom. The van der Waals surface area contributed by atoms with Gasteiger partial charge in [0.05, 0.1) is 6.61 Å². The Balaban J connectivity index is 2.09. The average Bonchev–Trinajstić information content (AvgIpc) is 2.38. The molecule has 3 N–H and O–H groups in total. The molecule has 3 heteroatoms. The Labute approximate surface area is 104 Å². The molecule has 0 radical (unpaired) electrons. The van der Waals surface area contributed by atoms with Crippen molar-refractivity contribution in [2.75, 3.05) is 26.2 Å². The molecule has 0 aliphatic heterocycles. The van der Waals surface area contributed by atoms with Crippen molar-refractivity contribution in [2.45, 2.75) is 26.2 Å². The van der Waals surface area contributed by atoms with Gasteiger partial charge in [-0.2, -0.15) is 0 Å². The molecule has 0 atom stereocenters. The molecule has 0 saturated heterocycles. The van der Waals surface area contributed by atoms with Crippen LogP contribution < -0.4 is 15.8 Å². The van der Waals surface area contributed by atoms with E-state index in [0.717, 1.165) is 44.7 Å². The molecule has 1 rings (SSSR count). The molecule has 3 nitrogen and oxygen atoms in total. The summed E-state index contributed by atoms with van der Waals surface area (Å²) in [5, 5.41) is 3.27. The van der Waals surface area contributed by atoms with E-state index in [-0.39, 0.29) is 0 Å². The van der Waals surface area contributed by atoms with Crippen LogP contribution in [0.5, 0.6) is 5.75 Å². The van der Waals surface area contributed by atoms with Crippen LogP contribution in [-0.2, 0) is 6.42 Å². The number of benzene rings is 1. The summed E-state index contributed by atoms with van der Waals surface area (Å²) in [6.07, 6.45) is 3.27. The molecule has 0 fully saturated rings. The van der Waals surface area contributed by atoms with Crippen LogP contribution in [0.4, 0.5) is 0 Å². The minimum atomic E-state index is 0.709. The molecule has 0 aliphatic carbocycles. The molecule has 0 bridgehead atoms. The van der Waals surface area contributed by atoms with Crippen molar-refractivity contribution in [1.29, 1.82) is 0 Å². The summed E-state index contributed by atoms with van der Waals surface area (Å²) in [6.45, 7) is 5.58. The lowest BCUT2D eigenvalue weighted by molar-refractivity contribution is 0.305. The first kappa shape index (κ1) is 14.0. The SMILES string of the molecule is CCc1cccc(OCCCCNCCN)c1. The molecule has 0 saturated carbocycles. The van der Waals surface area contributed by atoms with Crippen LogP contribution in [0.25, 0.3) is 0 Å². The van der Waals surface area contributed by atoms with Gasteiger partial charge in [-0.05, 0) is 43.5 Å². The summed E-state index contributed by atoms with van der Waals surface area (Å²) in [5.41, 5.74) is 6.71. The van der Waals surface area contributed by atoms with Gasteiger partial charge in [0, 0.05) is 13.1 Å². The number of hydrogen-bond acceptors (Lipinski definition) is 3. The summed E-state index contributed by atoms with van der Waals surface area (Å²) in [4.78, 5) is 0. The second kappa shape index (κ2) is 9.02. The smallest absolute Gasteiger partial charge is 0.119 e. The van der Waals surface area contributed by atoms with E-state index < -0.39 is 0 Å². The zero-order valence-corrected chi connectivity index (χ0v) is 10.7. The first-order chi connectivity index (χ1) is 8.36. The molecular weight excluding hydrogens is 212 g/mol. The Hall–Kier alpha value is -1.06. The lowest BCUT2D eigenvalue weighted by Gasteiger charge is -2.07. The van der Waals surface area contributed by atoms with Gasteiger partial charge in [-0.1, -0.05) is 19.1 Å². The molecule has 0 heterocycles. The van der Waals surface area contributed by atoms with Gasteiger partial charge in [-0.3, -0.25) is 0 Å². The van der Waals surface area contributed by atoms with Gasteiger partial charge in [-0.15, -0.1) is 0 Å². The van der Waals surface area contributed by atoms with Gasteiger partial charge < -0.3 is 15.8 Å². The van der Waals surface area contributed by atoms with Crippen LogP contribution in [0, 0.1) is 0 Å². The molecule has 17 heavy (non-hydrogen) atoms. The van der Waals surface area contributed by atoms with Gasteiger partial charge in [0.2, 0.25) is 0 Å². The van der Waals surface area contributed by atoms with Crippen LogP contribution in [-0.4, -0.2) is 26.2 Å². The Morgan fingerprint density at radius 2 is 2.12 bits per heavy atom. The van der Waals surface area contributed by atoms with E-state index >= 15 is 0 Å². The number of rotatable bonds is 9. The predicted octanol–water partition coefficient (Wildman–Crippen LogP) is 1.96. The molecule has 96 valence electrons. The van der Waals surface area contributed by atoms with Crippen molar-refractivity contribution in [1.82, 2.24) is 5.32 Å². The second-order valence-electron chi connectivity index (χ2n) is 4.10. The van der Waals surface area contributed by atoms with E-state index in [0.29, 0.717) is 6.54 Å².